The normalized spacial score (nSPS) is 10.2. The van der Waals surface area contributed by atoms with Crippen molar-refractivity contribution in [3.05, 3.63) is 23.2 Å². The molecule has 1 aromatic heterocycles. The van der Waals surface area contributed by atoms with Gasteiger partial charge in [0.15, 0.2) is 0 Å². The number of rotatable bonds is 4. The first-order valence-electron chi connectivity index (χ1n) is 3.57. The summed E-state index contributed by atoms with van der Waals surface area (Å²) in [6.45, 7) is 0.700. The van der Waals surface area contributed by atoms with E-state index in [1.807, 2.05) is 0 Å². The minimum atomic E-state index is 0.433. The van der Waals surface area contributed by atoms with Gasteiger partial charge in [-0.3, -0.25) is 4.98 Å². The lowest BCUT2D eigenvalue weighted by atomic mass is 10.5. The van der Waals surface area contributed by atoms with Gasteiger partial charge in [0.25, 0.3) is 0 Å². The van der Waals surface area contributed by atoms with Crippen LogP contribution in [0.4, 0.5) is 0 Å². The second-order valence-electron chi connectivity index (χ2n) is 2.17. The molecule has 2 N–H and O–H groups in total. The lowest BCUT2D eigenvalue weighted by Crippen LogP contribution is -2.01. The molecule has 0 spiro atoms. The highest BCUT2D eigenvalue weighted by atomic mass is 35.5. The maximum absolute atomic E-state index is 5.57. The third-order valence-electron chi connectivity index (χ3n) is 1.19. The van der Waals surface area contributed by atoms with Crippen molar-refractivity contribution in [2.45, 2.75) is 5.75 Å². The second kappa shape index (κ2) is 5.35. The van der Waals surface area contributed by atoms with Gasteiger partial charge in [-0.1, -0.05) is 11.6 Å². The third kappa shape index (κ3) is 3.38. The largest absolute Gasteiger partial charge is 0.330 e. The molecule has 1 rings (SSSR count). The summed E-state index contributed by atoms with van der Waals surface area (Å²) in [6, 6.07) is 0. The highest BCUT2D eigenvalue weighted by molar-refractivity contribution is 7.98. The summed E-state index contributed by atoms with van der Waals surface area (Å²) in [5.74, 6) is 1.80. The van der Waals surface area contributed by atoms with Crippen molar-refractivity contribution in [3.63, 3.8) is 0 Å². The molecule has 0 saturated heterocycles. The number of thioether (sulfide) groups is 1. The average molecular weight is 204 g/mol. The Morgan fingerprint density at radius 3 is 2.83 bits per heavy atom. The molecular formula is C7H10ClN3S. The minimum Gasteiger partial charge on any atom is -0.330 e. The molecule has 66 valence electrons. The molecule has 1 heterocycles. The van der Waals surface area contributed by atoms with Gasteiger partial charge in [0.2, 0.25) is 0 Å². The van der Waals surface area contributed by atoms with E-state index in [1.54, 1.807) is 24.2 Å². The van der Waals surface area contributed by atoms with Gasteiger partial charge in [-0.05, 0) is 0 Å². The van der Waals surface area contributed by atoms with Crippen molar-refractivity contribution >= 4 is 23.4 Å². The lowest BCUT2D eigenvalue weighted by Gasteiger charge is -1.98. The minimum absolute atomic E-state index is 0.433. The number of halogens is 1. The molecule has 0 radical (unpaired) electrons. The molecule has 0 fully saturated rings. The molecule has 0 aliphatic carbocycles. The zero-order chi connectivity index (χ0) is 8.81. The first-order chi connectivity index (χ1) is 5.83. The maximum atomic E-state index is 5.57. The fourth-order valence-corrected chi connectivity index (χ4v) is 1.44. The van der Waals surface area contributed by atoms with Crippen LogP contribution >= 0.6 is 23.4 Å². The van der Waals surface area contributed by atoms with Crippen molar-refractivity contribution < 1.29 is 0 Å². The Bertz CT molecular complexity index is 227. The summed E-state index contributed by atoms with van der Waals surface area (Å²) in [5, 5.41) is 0.433. The number of hydrogen-bond acceptors (Lipinski definition) is 4. The fraction of sp³-hybridized carbons (Fsp3) is 0.429. The molecule has 0 saturated carbocycles. The Labute approximate surface area is 80.7 Å². The van der Waals surface area contributed by atoms with Crippen molar-refractivity contribution in [3.8, 4) is 0 Å². The molecule has 0 bridgehead atoms. The first-order valence-corrected chi connectivity index (χ1v) is 5.10. The molecule has 12 heavy (non-hydrogen) atoms. The van der Waals surface area contributed by atoms with Gasteiger partial charge in [0.05, 0.1) is 18.1 Å². The quantitative estimate of drug-likeness (QED) is 0.751. The maximum Gasteiger partial charge on any atom is 0.147 e. The van der Waals surface area contributed by atoms with E-state index in [2.05, 4.69) is 9.97 Å². The number of hydrogen-bond donors (Lipinski definition) is 1. The van der Waals surface area contributed by atoms with Crippen LogP contribution < -0.4 is 5.73 Å². The Morgan fingerprint density at radius 1 is 1.42 bits per heavy atom. The second-order valence-corrected chi connectivity index (χ2v) is 3.66. The molecule has 0 aliphatic rings. The monoisotopic (exact) mass is 203 g/mol. The topological polar surface area (TPSA) is 51.8 Å². The van der Waals surface area contributed by atoms with Crippen LogP contribution in [-0.4, -0.2) is 22.3 Å². The van der Waals surface area contributed by atoms with Crippen LogP contribution in [0, 0.1) is 0 Å². The summed E-state index contributed by atoms with van der Waals surface area (Å²) in [7, 11) is 0. The van der Waals surface area contributed by atoms with Gasteiger partial charge < -0.3 is 5.73 Å². The molecule has 1 aromatic rings. The highest BCUT2D eigenvalue weighted by Crippen LogP contribution is 2.09. The van der Waals surface area contributed by atoms with Gasteiger partial charge >= 0.3 is 0 Å². The van der Waals surface area contributed by atoms with Crippen LogP contribution in [0.5, 0.6) is 0 Å². The van der Waals surface area contributed by atoms with Gasteiger partial charge in [-0.15, -0.1) is 0 Å². The molecule has 0 unspecified atom stereocenters. The van der Waals surface area contributed by atoms with E-state index in [4.69, 9.17) is 17.3 Å². The number of aromatic nitrogens is 2. The van der Waals surface area contributed by atoms with Crippen LogP contribution in [0.1, 0.15) is 5.69 Å². The van der Waals surface area contributed by atoms with E-state index in [-0.39, 0.29) is 0 Å². The van der Waals surface area contributed by atoms with Gasteiger partial charge in [-0.25, -0.2) is 4.98 Å². The van der Waals surface area contributed by atoms with Gasteiger partial charge in [0.1, 0.15) is 5.15 Å². The Kier molecular flexibility index (Phi) is 4.35. The molecule has 5 heteroatoms. The van der Waals surface area contributed by atoms with Crippen LogP contribution in [0.2, 0.25) is 5.15 Å². The van der Waals surface area contributed by atoms with Crippen LogP contribution in [0.15, 0.2) is 12.4 Å². The summed E-state index contributed by atoms with van der Waals surface area (Å²) >= 11 is 7.31. The molecule has 0 atom stereocenters. The van der Waals surface area contributed by atoms with Crippen molar-refractivity contribution in [1.82, 2.24) is 9.97 Å². The van der Waals surface area contributed by atoms with E-state index in [0.717, 1.165) is 17.2 Å². The molecular weight excluding hydrogens is 194 g/mol. The van der Waals surface area contributed by atoms with E-state index < -0.39 is 0 Å². The van der Waals surface area contributed by atoms with E-state index in [0.29, 0.717) is 11.7 Å². The zero-order valence-corrected chi connectivity index (χ0v) is 8.11. The molecule has 3 nitrogen and oxygen atoms in total. The molecule has 0 aromatic carbocycles. The number of nitrogens with two attached hydrogens (primary N) is 1. The first kappa shape index (κ1) is 9.77. The van der Waals surface area contributed by atoms with Crippen LogP contribution in [0.3, 0.4) is 0 Å². The van der Waals surface area contributed by atoms with Crippen LogP contribution in [0.25, 0.3) is 0 Å². The fourth-order valence-electron chi connectivity index (χ4n) is 0.674. The Hall–Kier alpha value is -0.320. The number of nitrogens with zero attached hydrogens (tertiary/aromatic N) is 2. The predicted octanol–water partition coefficient (Wildman–Crippen LogP) is 1.32. The van der Waals surface area contributed by atoms with E-state index >= 15 is 0 Å². The van der Waals surface area contributed by atoms with Gasteiger partial charge in [0, 0.05) is 18.1 Å². The van der Waals surface area contributed by atoms with E-state index in [1.165, 1.54) is 0 Å². The summed E-state index contributed by atoms with van der Waals surface area (Å²) < 4.78 is 0. The average Bonchev–Trinajstić information content (AvgIpc) is 2.09. The summed E-state index contributed by atoms with van der Waals surface area (Å²) in [5.41, 5.74) is 6.28. The Balaban J connectivity index is 2.37. The summed E-state index contributed by atoms with van der Waals surface area (Å²) in [6.07, 6.45) is 3.24. The molecule has 0 amide bonds. The predicted molar refractivity (Wildman–Crippen MR) is 52.3 cm³/mol. The summed E-state index contributed by atoms with van der Waals surface area (Å²) in [4.78, 5) is 8.01. The Morgan fingerprint density at radius 2 is 2.25 bits per heavy atom. The van der Waals surface area contributed by atoms with Crippen molar-refractivity contribution in [2.24, 2.45) is 5.73 Å². The smallest absolute Gasteiger partial charge is 0.147 e. The van der Waals surface area contributed by atoms with Crippen molar-refractivity contribution in [1.29, 1.82) is 0 Å². The van der Waals surface area contributed by atoms with Gasteiger partial charge in [-0.2, -0.15) is 11.8 Å². The SMILES string of the molecule is NCCSCc1cnc(Cl)cn1. The van der Waals surface area contributed by atoms with Crippen molar-refractivity contribution in [2.75, 3.05) is 12.3 Å². The van der Waals surface area contributed by atoms with Crippen LogP contribution in [-0.2, 0) is 5.75 Å². The highest BCUT2D eigenvalue weighted by Gasteiger charge is 1.94. The zero-order valence-electron chi connectivity index (χ0n) is 6.53. The third-order valence-corrected chi connectivity index (χ3v) is 2.41. The molecule has 0 aliphatic heterocycles. The standard InChI is InChI=1S/C7H10ClN3S/c8-7-4-10-6(3-11-7)5-12-2-1-9/h3-4H,1-2,5,9H2. The lowest BCUT2D eigenvalue weighted by molar-refractivity contribution is 1.09. The van der Waals surface area contributed by atoms with E-state index in [9.17, 15) is 0 Å².